The fourth-order valence-corrected chi connectivity index (χ4v) is 3.66. The van der Waals surface area contributed by atoms with Crippen molar-refractivity contribution in [1.82, 2.24) is 9.55 Å². The van der Waals surface area contributed by atoms with Crippen molar-refractivity contribution in [1.29, 1.82) is 5.26 Å². The normalized spacial score (nSPS) is 10.9. The minimum absolute atomic E-state index is 0.613. The van der Waals surface area contributed by atoms with Crippen molar-refractivity contribution in [2.24, 2.45) is 0 Å². The van der Waals surface area contributed by atoms with E-state index in [0.29, 0.717) is 5.56 Å². The second kappa shape index (κ2) is 6.12. The van der Waals surface area contributed by atoms with E-state index >= 15 is 0 Å². The van der Waals surface area contributed by atoms with Crippen LogP contribution in [0.1, 0.15) is 5.56 Å². The Morgan fingerprint density at radius 3 is 2.15 bits per heavy atom. The van der Waals surface area contributed by atoms with Gasteiger partial charge in [0.1, 0.15) is 0 Å². The Hall–Kier alpha value is -3.90. The summed E-state index contributed by atoms with van der Waals surface area (Å²) in [5.41, 5.74) is 5.84. The Kier molecular flexibility index (Phi) is 3.48. The molecule has 27 heavy (non-hydrogen) atoms. The SMILES string of the molecule is N#Cc1ccnc(-c2cccc(-n3c4ccccc4c4ccccc43)c2)c1. The van der Waals surface area contributed by atoms with Gasteiger partial charge in [0.15, 0.2) is 0 Å². The number of hydrogen-bond acceptors (Lipinski definition) is 2. The third-order valence-electron chi connectivity index (χ3n) is 4.87. The predicted molar refractivity (Wildman–Crippen MR) is 109 cm³/mol. The van der Waals surface area contributed by atoms with Gasteiger partial charge in [0.25, 0.3) is 0 Å². The largest absolute Gasteiger partial charge is 0.309 e. The van der Waals surface area contributed by atoms with E-state index in [1.165, 1.54) is 21.8 Å². The van der Waals surface area contributed by atoms with Gasteiger partial charge in [-0.15, -0.1) is 0 Å². The summed E-state index contributed by atoms with van der Waals surface area (Å²) >= 11 is 0. The maximum atomic E-state index is 9.17. The number of benzene rings is 3. The van der Waals surface area contributed by atoms with Gasteiger partial charge in [0.05, 0.1) is 28.4 Å². The van der Waals surface area contributed by atoms with Gasteiger partial charge >= 0.3 is 0 Å². The van der Waals surface area contributed by atoms with E-state index in [-0.39, 0.29) is 0 Å². The van der Waals surface area contributed by atoms with E-state index in [1.54, 1.807) is 12.3 Å². The highest BCUT2D eigenvalue weighted by Gasteiger charge is 2.12. The monoisotopic (exact) mass is 345 g/mol. The predicted octanol–water partition coefficient (Wildman–Crippen LogP) is 5.72. The van der Waals surface area contributed by atoms with Gasteiger partial charge < -0.3 is 4.57 Å². The van der Waals surface area contributed by atoms with E-state index in [1.807, 2.05) is 18.2 Å². The lowest BCUT2D eigenvalue weighted by molar-refractivity contribution is 1.18. The van der Waals surface area contributed by atoms with Crippen LogP contribution in [0.15, 0.2) is 91.1 Å². The number of hydrogen-bond donors (Lipinski definition) is 0. The van der Waals surface area contributed by atoms with E-state index in [4.69, 9.17) is 5.26 Å². The molecule has 0 atom stereocenters. The Bertz CT molecular complexity index is 1290. The van der Waals surface area contributed by atoms with Crippen LogP contribution >= 0.6 is 0 Å². The number of nitrogens with zero attached hydrogens (tertiary/aromatic N) is 3. The molecule has 5 rings (SSSR count). The molecule has 0 amide bonds. The third kappa shape index (κ3) is 2.47. The van der Waals surface area contributed by atoms with E-state index in [0.717, 1.165) is 16.9 Å². The van der Waals surface area contributed by atoms with Crippen molar-refractivity contribution in [2.75, 3.05) is 0 Å². The fourth-order valence-electron chi connectivity index (χ4n) is 3.66. The molecule has 0 unspecified atom stereocenters. The fraction of sp³-hybridized carbons (Fsp3) is 0. The van der Waals surface area contributed by atoms with E-state index < -0.39 is 0 Å². The molecule has 0 spiro atoms. The molecule has 126 valence electrons. The molecule has 2 aromatic heterocycles. The summed E-state index contributed by atoms with van der Waals surface area (Å²) < 4.78 is 2.28. The molecule has 0 N–H and O–H groups in total. The van der Waals surface area contributed by atoms with E-state index in [2.05, 4.69) is 76.3 Å². The van der Waals surface area contributed by atoms with Crippen LogP contribution in [0.3, 0.4) is 0 Å². The van der Waals surface area contributed by atoms with Crippen molar-refractivity contribution >= 4 is 21.8 Å². The average molecular weight is 345 g/mol. The third-order valence-corrected chi connectivity index (χ3v) is 4.87. The zero-order valence-corrected chi connectivity index (χ0v) is 14.5. The number of rotatable bonds is 2. The standard InChI is InChI=1S/C24H15N3/c25-16-17-12-13-26-22(14-17)18-6-5-7-19(15-18)27-23-10-3-1-8-20(23)21-9-2-4-11-24(21)27/h1-15H. The molecule has 2 heterocycles. The van der Waals surface area contributed by atoms with Crippen molar-refractivity contribution in [3.05, 3.63) is 96.7 Å². The first-order valence-corrected chi connectivity index (χ1v) is 8.80. The Labute approximate surface area is 156 Å². The van der Waals surface area contributed by atoms with Gasteiger partial charge in [0, 0.05) is 28.2 Å². The highest BCUT2D eigenvalue weighted by molar-refractivity contribution is 6.09. The first-order chi connectivity index (χ1) is 13.3. The van der Waals surface area contributed by atoms with Gasteiger partial charge in [-0.25, -0.2) is 0 Å². The highest BCUT2D eigenvalue weighted by Crippen LogP contribution is 2.32. The number of para-hydroxylation sites is 2. The van der Waals surface area contributed by atoms with Gasteiger partial charge in [-0.2, -0.15) is 5.26 Å². The zero-order valence-electron chi connectivity index (χ0n) is 14.5. The maximum Gasteiger partial charge on any atom is 0.0992 e. The molecule has 0 aliphatic carbocycles. The molecule has 0 aliphatic heterocycles. The van der Waals surface area contributed by atoms with Crippen LogP contribution in [0.25, 0.3) is 38.8 Å². The molecule has 5 aromatic rings. The zero-order chi connectivity index (χ0) is 18.2. The summed E-state index contributed by atoms with van der Waals surface area (Å²) in [6.07, 6.45) is 1.68. The molecule has 0 radical (unpaired) electrons. The quantitative estimate of drug-likeness (QED) is 0.411. The van der Waals surface area contributed by atoms with Gasteiger partial charge in [-0.1, -0.05) is 48.5 Å². The van der Waals surface area contributed by atoms with E-state index in [9.17, 15) is 0 Å². The maximum absolute atomic E-state index is 9.17. The Morgan fingerprint density at radius 1 is 0.741 bits per heavy atom. The van der Waals surface area contributed by atoms with Crippen LogP contribution < -0.4 is 0 Å². The molecule has 3 heteroatoms. The molecular weight excluding hydrogens is 330 g/mol. The highest BCUT2D eigenvalue weighted by atomic mass is 15.0. The Balaban J connectivity index is 1.77. The van der Waals surface area contributed by atoms with Gasteiger partial charge in [0.2, 0.25) is 0 Å². The molecule has 0 saturated heterocycles. The second-order valence-electron chi connectivity index (χ2n) is 6.46. The van der Waals surface area contributed by atoms with Crippen LogP contribution in [0.5, 0.6) is 0 Å². The summed E-state index contributed by atoms with van der Waals surface area (Å²) in [5.74, 6) is 0. The van der Waals surface area contributed by atoms with Crippen LogP contribution in [-0.4, -0.2) is 9.55 Å². The number of fused-ring (bicyclic) bond motifs is 3. The Morgan fingerprint density at radius 2 is 1.44 bits per heavy atom. The minimum atomic E-state index is 0.613. The minimum Gasteiger partial charge on any atom is -0.309 e. The number of pyridine rings is 1. The van der Waals surface area contributed by atoms with Crippen molar-refractivity contribution in [2.45, 2.75) is 0 Å². The lowest BCUT2D eigenvalue weighted by Gasteiger charge is -2.10. The van der Waals surface area contributed by atoms with Crippen LogP contribution in [0.2, 0.25) is 0 Å². The number of nitriles is 1. The molecule has 0 saturated carbocycles. The second-order valence-corrected chi connectivity index (χ2v) is 6.46. The molecular formula is C24H15N3. The summed E-state index contributed by atoms with van der Waals surface area (Å²) in [6, 6.07) is 30.9. The molecule has 0 bridgehead atoms. The van der Waals surface area contributed by atoms with Crippen LogP contribution in [0, 0.1) is 11.3 Å². The molecule has 3 aromatic carbocycles. The smallest absolute Gasteiger partial charge is 0.0992 e. The molecule has 0 aliphatic rings. The lowest BCUT2D eigenvalue weighted by Crippen LogP contribution is -1.94. The summed E-state index contributed by atoms with van der Waals surface area (Å²) in [7, 11) is 0. The lowest BCUT2D eigenvalue weighted by atomic mass is 10.1. The first-order valence-electron chi connectivity index (χ1n) is 8.80. The first kappa shape index (κ1) is 15.4. The number of aromatic nitrogens is 2. The summed E-state index contributed by atoms with van der Waals surface area (Å²) in [6.45, 7) is 0. The summed E-state index contributed by atoms with van der Waals surface area (Å²) in [5, 5.41) is 11.6. The van der Waals surface area contributed by atoms with Crippen LogP contribution in [0.4, 0.5) is 0 Å². The van der Waals surface area contributed by atoms with Crippen LogP contribution in [-0.2, 0) is 0 Å². The van der Waals surface area contributed by atoms with Gasteiger partial charge in [-0.3, -0.25) is 4.98 Å². The topological polar surface area (TPSA) is 41.6 Å². The average Bonchev–Trinajstić information content (AvgIpc) is 3.08. The van der Waals surface area contributed by atoms with Gasteiger partial charge in [-0.05, 0) is 36.4 Å². The molecule has 0 fully saturated rings. The van der Waals surface area contributed by atoms with Crippen molar-refractivity contribution < 1.29 is 0 Å². The van der Waals surface area contributed by atoms with Crippen molar-refractivity contribution in [3.8, 4) is 23.0 Å². The molecule has 3 nitrogen and oxygen atoms in total. The summed E-state index contributed by atoms with van der Waals surface area (Å²) in [4.78, 5) is 4.44. The van der Waals surface area contributed by atoms with Crippen molar-refractivity contribution in [3.63, 3.8) is 0 Å².